The van der Waals surface area contributed by atoms with Gasteiger partial charge in [-0.2, -0.15) is 4.98 Å². The van der Waals surface area contributed by atoms with Crippen molar-refractivity contribution < 1.29 is 4.79 Å². The summed E-state index contributed by atoms with van der Waals surface area (Å²) in [5, 5.41) is 8.27. The van der Waals surface area contributed by atoms with E-state index in [2.05, 4.69) is 70.6 Å². The number of thioether (sulfide) groups is 1. The Bertz CT molecular complexity index is 1290. The zero-order valence-corrected chi connectivity index (χ0v) is 21.0. The molecule has 0 unspecified atom stereocenters. The van der Waals surface area contributed by atoms with Crippen molar-refractivity contribution in [2.75, 3.05) is 5.75 Å². The lowest BCUT2D eigenvalue weighted by Crippen LogP contribution is -2.34. The molecule has 0 saturated carbocycles. The average molecular weight is 474 g/mol. The van der Waals surface area contributed by atoms with Crippen LogP contribution in [0.5, 0.6) is 0 Å². The molecule has 0 aliphatic carbocycles. The predicted molar refractivity (Wildman–Crippen MR) is 137 cm³/mol. The van der Waals surface area contributed by atoms with Crippen LogP contribution >= 0.6 is 11.8 Å². The number of benzene rings is 2. The number of carbonyl (C=O) groups excluding carboxylic acids is 1. The van der Waals surface area contributed by atoms with Crippen LogP contribution in [0.3, 0.4) is 0 Å². The lowest BCUT2D eigenvalue weighted by atomic mass is 9.99. The maximum absolute atomic E-state index is 12.5. The number of amides is 1. The monoisotopic (exact) mass is 473 g/mol. The molecule has 2 aromatic heterocycles. The van der Waals surface area contributed by atoms with Gasteiger partial charge < -0.3 is 5.32 Å². The van der Waals surface area contributed by atoms with Crippen molar-refractivity contribution >= 4 is 23.4 Å². The SMILES string of the molecule is Cc1ccccc1Cc1c(C)nc2nc(SCC(=O)N[C@@H](C)CCc3ccccc3)nn2c1C. The van der Waals surface area contributed by atoms with Crippen LogP contribution in [0, 0.1) is 20.8 Å². The van der Waals surface area contributed by atoms with Crippen molar-refractivity contribution in [1.82, 2.24) is 24.9 Å². The van der Waals surface area contributed by atoms with Gasteiger partial charge in [0.1, 0.15) is 0 Å². The quantitative estimate of drug-likeness (QED) is 0.351. The third-order valence-electron chi connectivity index (χ3n) is 6.11. The van der Waals surface area contributed by atoms with Gasteiger partial charge in [0.2, 0.25) is 11.1 Å². The number of fused-ring (bicyclic) bond motifs is 1. The van der Waals surface area contributed by atoms with E-state index in [-0.39, 0.29) is 17.7 Å². The van der Waals surface area contributed by atoms with Crippen molar-refractivity contribution in [1.29, 1.82) is 0 Å². The van der Waals surface area contributed by atoms with Crippen LogP contribution in [-0.4, -0.2) is 37.3 Å². The molecule has 176 valence electrons. The normalized spacial score (nSPS) is 12.1. The lowest BCUT2D eigenvalue weighted by molar-refractivity contribution is -0.119. The average Bonchev–Trinajstić information content (AvgIpc) is 3.24. The van der Waals surface area contributed by atoms with E-state index in [4.69, 9.17) is 0 Å². The second-order valence-electron chi connectivity index (χ2n) is 8.75. The van der Waals surface area contributed by atoms with Gasteiger partial charge in [-0.25, -0.2) is 9.50 Å². The zero-order valence-electron chi connectivity index (χ0n) is 20.2. The fourth-order valence-corrected chi connectivity index (χ4v) is 4.68. The molecule has 7 heteroatoms. The largest absolute Gasteiger partial charge is 0.353 e. The third kappa shape index (κ3) is 5.83. The van der Waals surface area contributed by atoms with Crippen molar-refractivity contribution in [3.63, 3.8) is 0 Å². The molecule has 0 fully saturated rings. The maximum Gasteiger partial charge on any atom is 0.253 e. The number of aryl methyl sites for hydroxylation is 4. The summed E-state index contributed by atoms with van der Waals surface area (Å²) >= 11 is 1.34. The molecule has 0 radical (unpaired) electrons. The van der Waals surface area contributed by atoms with E-state index in [0.29, 0.717) is 10.9 Å². The summed E-state index contributed by atoms with van der Waals surface area (Å²) in [6, 6.07) is 18.8. The van der Waals surface area contributed by atoms with Crippen molar-refractivity contribution in [3.8, 4) is 0 Å². The van der Waals surface area contributed by atoms with Gasteiger partial charge in [-0.3, -0.25) is 4.79 Å². The molecule has 1 amide bonds. The summed E-state index contributed by atoms with van der Waals surface area (Å²) in [6.45, 7) is 8.25. The highest BCUT2D eigenvalue weighted by Crippen LogP contribution is 2.22. The molecular formula is C27H31N5OS. The topological polar surface area (TPSA) is 72.2 Å². The molecule has 6 nitrogen and oxygen atoms in total. The molecule has 2 aromatic carbocycles. The minimum atomic E-state index is -0.00878. The molecular weight excluding hydrogens is 442 g/mol. The van der Waals surface area contributed by atoms with Crippen LogP contribution in [0.15, 0.2) is 59.8 Å². The van der Waals surface area contributed by atoms with Crippen molar-refractivity contribution in [2.45, 2.75) is 58.2 Å². The Hall–Kier alpha value is -3.19. The van der Waals surface area contributed by atoms with Crippen molar-refractivity contribution in [3.05, 3.63) is 88.2 Å². The Morgan fingerprint density at radius 3 is 2.53 bits per heavy atom. The number of hydrogen-bond acceptors (Lipinski definition) is 5. The predicted octanol–water partition coefficient (Wildman–Crippen LogP) is 4.87. The number of rotatable bonds is 9. The highest BCUT2D eigenvalue weighted by atomic mass is 32.2. The van der Waals surface area contributed by atoms with Crippen LogP contribution < -0.4 is 5.32 Å². The van der Waals surface area contributed by atoms with E-state index >= 15 is 0 Å². The summed E-state index contributed by atoms with van der Waals surface area (Å²) in [7, 11) is 0. The fourth-order valence-electron chi connectivity index (χ4n) is 4.05. The molecule has 2 heterocycles. The van der Waals surface area contributed by atoms with Gasteiger partial charge in [0.15, 0.2) is 0 Å². The van der Waals surface area contributed by atoms with Gasteiger partial charge in [0.25, 0.3) is 5.78 Å². The first-order valence-corrected chi connectivity index (χ1v) is 12.6. The van der Waals surface area contributed by atoms with Crippen LogP contribution in [0.1, 0.15) is 47.0 Å². The van der Waals surface area contributed by atoms with Gasteiger partial charge in [-0.05, 0) is 62.8 Å². The first-order valence-electron chi connectivity index (χ1n) is 11.6. The Morgan fingerprint density at radius 2 is 1.76 bits per heavy atom. The van der Waals surface area contributed by atoms with Gasteiger partial charge in [-0.15, -0.1) is 5.10 Å². The van der Waals surface area contributed by atoms with Crippen LogP contribution in [0.2, 0.25) is 0 Å². The number of nitrogens with one attached hydrogen (secondary N) is 1. The summed E-state index contributed by atoms with van der Waals surface area (Å²) in [5.41, 5.74) is 6.98. The highest BCUT2D eigenvalue weighted by molar-refractivity contribution is 7.99. The van der Waals surface area contributed by atoms with E-state index in [0.717, 1.165) is 36.2 Å². The molecule has 4 aromatic rings. The van der Waals surface area contributed by atoms with E-state index in [9.17, 15) is 4.79 Å². The van der Waals surface area contributed by atoms with Crippen molar-refractivity contribution in [2.24, 2.45) is 0 Å². The summed E-state index contributed by atoms with van der Waals surface area (Å²) in [4.78, 5) is 21.7. The van der Waals surface area contributed by atoms with Crippen LogP contribution in [0.25, 0.3) is 5.78 Å². The number of nitrogens with zero attached hydrogens (tertiary/aromatic N) is 4. The lowest BCUT2D eigenvalue weighted by Gasteiger charge is -2.13. The Balaban J connectivity index is 1.37. The third-order valence-corrected chi connectivity index (χ3v) is 6.94. The van der Waals surface area contributed by atoms with Crippen LogP contribution in [-0.2, 0) is 17.6 Å². The molecule has 1 N–H and O–H groups in total. The summed E-state index contributed by atoms with van der Waals surface area (Å²) in [6.07, 6.45) is 2.65. The number of aromatic nitrogens is 4. The van der Waals surface area contributed by atoms with E-state index in [1.807, 2.05) is 32.0 Å². The molecule has 34 heavy (non-hydrogen) atoms. The van der Waals surface area contributed by atoms with Crippen LogP contribution in [0.4, 0.5) is 0 Å². The standard InChI is InChI=1S/C27H31N5OS/c1-18-10-8-9-13-23(18)16-24-20(3)29-26-30-27(31-32(26)21(24)4)34-17-25(33)28-19(2)14-15-22-11-6-5-7-12-22/h5-13,19H,14-17H2,1-4H3,(H,28,33)/t19-/m0/s1. The second kappa shape index (κ2) is 10.8. The maximum atomic E-state index is 12.5. The van der Waals surface area contributed by atoms with Gasteiger partial charge >= 0.3 is 0 Å². The zero-order chi connectivity index (χ0) is 24.1. The first-order chi connectivity index (χ1) is 16.4. The number of carbonyl (C=O) groups is 1. The van der Waals surface area contributed by atoms with E-state index in [1.165, 1.54) is 28.5 Å². The fraction of sp³-hybridized carbons (Fsp3) is 0.333. The molecule has 0 bridgehead atoms. The Morgan fingerprint density at radius 1 is 1.03 bits per heavy atom. The van der Waals surface area contributed by atoms with Gasteiger partial charge in [0, 0.05) is 23.9 Å². The second-order valence-corrected chi connectivity index (χ2v) is 9.69. The van der Waals surface area contributed by atoms with Gasteiger partial charge in [-0.1, -0.05) is 66.4 Å². The van der Waals surface area contributed by atoms with Gasteiger partial charge in [0.05, 0.1) is 5.75 Å². The minimum absolute atomic E-state index is 0.00878. The smallest absolute Gasteiger partial charge is 0.253 e. The summed E-state index contributed by atoms with van der Waals surface area (Å²) < 4.78 is 1.79. The molecule has 0 aliphatic heterocycles. The molecule has 0 saturated heterocycles. The Labute approximate surface area is 205 Å². The molecule has 1 atom stereocenters. The minimum Gasteiger partial charge on any atom is -0.353 e. The molecule has 0 aliphatic rings. The highest BCUT2D eigenvalue weighted by Gasteiger charge is 2.16. The molecule has 4 rings (SSSR count). The number of hydrogen-bond donors (Lipinski definition) is 1. The van der Waals surface area contributed by atoms with E-state index < -0.39 is 0 Å². The first kappa shape index (κ1) is 24.0. The van der Waals surface area contributed by atoms with E-state index in [1.54, 1.807) is 4.52 Å². The summed E-state index contributed by atoms with van der Waals surface area (Å²) in [5.74, 6) is 0.842. The molecule has 0 spiro atoms. The Kier molecular flexibility index (Phi) is 7.63.